The molecular formula is C32H35FN6O2. The summed E-state index contributed by atoms with van der Waals surface area (Å²) >= 11 is 0. The lowest BCUT2D eigenvalue weighted by Crippen LogP contribution is -2.49. The van der Waals surface area contributed by atoms with Gasteiger partial charge in [0.2, 0.25) is 5.95 Å². The molecule has 8 nitrogen and oxygen atoms in total. The highest BCUT2D eigenvalue weighted by Crippen LogP contribution is 2.34. The van der Waals surface area contributed by atoms with Crippen molar-refractivity contribution in [2.75, 3.05) is 23.3 Å². The van der Waals surface area contributed by atoms with Gasteiger partial charge < -0.3 is 15.7 Å². The zero-order valence-corrected chi connectivity index (χ0v) is 23.2. The first-order valence-corrected chi connectivity index (χ1v) is 14.4. The normalized spacial score (nSPS) is 21.0. The zero-order valence-electron chi connectivity index (χ0n) is 23.2. The average molecular weight is 555 g/mol. The van der Waals surface area contributed by atoms with Crippen molar-refractivity contribution in [3.05, 3.63) is 83.6 Å². The predicted octanol–water partition coefficient (Wildman–Crippen LogP) is 5.63. The molecule has 0 spiro atoms. The minimum absolute atomic E-state index is 0.0102. The molecule has 4 aromatic rings. The maximum Gasteiger partial charge on any atom is 0.262 e. The number of halogens is 1. The maximum atomic E-state index is 15.7. The Morgan fingerprint density at radius 2 is 1.88 bits per heavy atom. The number of amides is 1. The third-order valence-corrected chi connectivity index (χ3v) is 8.31. The van der Waals surface area contributed by atoms with Crippen LogP contribution in [-0.4, -0.2) is 51.2 Å². The van der Waals surface area contributed by atoms with Crippen LogP contribution in [0, 0.1) is 12.7 Å². The fourth-order valence-corrected chi connectivity index (χ4v) is 6.12. The van der Waals surface area contributed by atoms with Gasteiger partial charge in [0.25, 0.3) is 5.91 Å². The van der Waals surface area contributed by atoms with Crippen LogP contribution >= 0.6 is 0 Å². The number of aryl methyl sites for hydroxylation is 1. The molecule has 41 heavy (non-hydrogen) atoms. The fraction of sp³-hybridized carbons (Fsp3) is 0.375. The van der Waals surface area contributed by atoms with Crippen molar-refractivity contribution >= 4 is 34.1 Å². The van der Waals surface area contributed by atoms with E-state index in [1.165, 1.54) is 12.1 Å². The number of carbonyl (C=O) groups excluding carboxylic acids is 1. The number of nitrogens with one attached hydrogen (secondary N) is 2. The van der Waals surface area contributed by atoms with Crippen LogP contribution in [-0.2, 0) is 0 Å². The number of rotatable bonds is 6. The molecule has 2 aliphatic rings. The highest BCUT2D eigenvalue weighted by Gasteiger charge is 2.32. The molecule has 0 unspecified atom stereocenters. The van der Waals surface area contributed by atoms with Crippen molar-refractivity contribution in [3.8, 4) is 0 Å². The molecule has 1 amide bonds. The van der Waals surface area contributed by atoms with E-state index in [0.717, 1.165) is 67.1 Å². The van der Waals surface area contributed by atoms with E-state index in [0.29, 0.717) is 24.0 Å². The van der Waals surface area contributed by atoms with Gasteiger partial charge in [-0.05, 0) is 93.3 Å². The van der Waals surface area contributed by atoms with E-state index in [1.54, 1.807) is 23.4 Å². The van der Waals surface area contributed by atoms with Crippen molar-refractivity contribution in [1.29, 1.82) is 0 Å². The SMILES string of the molecule is Cc1cccc2ccnc(N(C(=O)c3ccc(Nc4nccc(C5CCC(O)CC5)n4)cc3F)[C@@H]3CCCNC3)c12. The van der Waals surface area contributed by atoms with Crippen molar-refractivity contribution in [1.82, 2.24) is 20.3 Å². The first kappa shape index (κ1) is 27.2. The minimum Gasteiger partial charge on any atom is -0.393 e. The zero-order chi connectivity index (χ0) is 28.3. The molecule has 2 aromatic heterocycles. The Hall–Kier alpha value is -3.95. The summed E-state index contributed by atoms with van der Waals surface area (Å²) in [5.74, 6) is 0.163. The van der Waals surface area contributed by atoms with Gasteiger partial charge in [0, 0.05) is 41.6 Å². The summed E-state index contributed by atoms with van der Waals surface area (Å²) in [6, 6.07) is 14.2. The van der Waals surface area contributed by atoms with Crippen LogP contribution < -0.4 is 15.5 Å². The molecule has 2 aromatic carbocycles. The smallest absolute Gasteiger partial charge is 0.262 e. The first-order valence-electron chi connectivity index (χ1n) is 14.4. The maximum absolute atomic E-state index is 15.7. The van der Waals surface area contributed by atoms with Gasteiger partial charge in [-0.15, -0.1) is 0 Å². The van der Waals surface area contributed by atoms with Gasteiger partial charge >= 0.3 is 0 Å². The Balaban J connectivity index is 1.28. The van der Waals surface area contributed by atoms with Crippen LogP contribution in [0.4, 0.5) is 21.8 Å². The summed E-state index contributed by atoms with van der Waals surface area (Å²) in [5, 5.41) is 18.2. The summed E-state index contributed by atoms with van der Waals surface area (Å²) in [6.07, 6.45) is 8.17. The van der Waals surface area contributed by atoms with Crippen LogP contribution in [0.5, 0.6) is 0 Å². The number of fused-ring (bicyclic) bond motifs is 1. The monoisotopic (exact) mass is 554 g/mol. The topological polar surface area (TPSA) is 103 Å². The number of aliphatic hydroxyl groups excluding tert-OH is 1. The molecule has 1 saturated carbocycles. The van der Waals surface area contributed by atoms with E-state index >= 15 is 4.39 Å². The summed E-state index contributed by atoms with van der Waals surface area (Å²) in [5.41, 5.74) is 2.37. The number of carbonyl (C=O) groups is 1. The molecule has 0 bridgehead atoms. The van der Waals surface area contributed by atoms with Crippen LogP contribution in [0.25, 0.3) is 10.8 Å². The van der Waals surface area contributed by atoms with Gasteiger partial charge in [-0.2, -0.15) is 0 Å². The highest BCUT2D eigenvalue weighted by molar-refractivity contribution is 6.11. The number of anilines is 3. The first-order chi connectivity index (χ1) is 20.0. The van der Waals surface area contributed by atoms with Crippen LogP contribution in [0.3, 0.4) is 0 Å². The Morgan fingerprint density at radius 1 is 1.05 bits per heavy atom. The van der Waals surface area contributed by atoms with E-state index in [-0.39, 0.29) is 23.6 Å². The Labute approximate surface area is 239 Å². The van der Waals surface area contributed by atoms with E-state index in [4.69, 9.17) is 0 Å². The van der Waals surface area contributed by atoms with Gasteiger partial charge in [0.1, 0.15) is 11.6 Å². The Bertz CT molecular complexity index is 1540. The largest absolute Gasteiger partial charge is 0.393 e. The Kier molecular flexibility index (Phi) is 7.89. The van der Waals surface area contributed by atoms with Crippen LogP contribution in [0.15, 0.2) is 60.9 Å². The van der Waals surface area contributed by atoms with E-state index in [2.05, 4.69) is 25.6 Å². The lowest BCUT2D eigenvalue weighted by molar-refractivity contribution is 0.0968. The quantitative estimate of drug-likeness (QED) is 0.284. The fourth-order valence-electron chi connectivity index (χ4n) is 6.12. The van der Waals surface area contributed by atoms with E-state index < -0.39 is 11.7 Å². The number of hydrogen-bond acceptors (Lipinski definition) is 7. The number of benzene rings is 2. The summed E-state index contributed by atoms with van der Waals surface area (Å²) < 4.78 is 15.7. The predicted molar refractivity (Wildman–Crippen MR) is 158 cm³/mol. The summed E-state index contributed by atoms with van der Waals surface area (Å²) in [4.78, 5) is 29.4. The molecule has 1 aliphatic carbocycles. The minimum atomic E-state index is -0.622. The number of pyridine rings is 1. The lowest BCUT2D eigenvalue weighted by Gasteiger charge is -2.35. The van der Waals surface area contributed by atoms with Gasteiger partial charge in [0.05, 0.1) is 17.7 Å². The van der Waals surface area contributed by atoms with Gasteiger partial charge in [0.15, 0.2) is 0 Å². The summed E-state index contributed by atoms with van der Waals surface area (Å²) in [7, 11) is 0. The number of hydrogen-bond donors (Lipinski definition) is 3. The van der Waals surface area contributed by atoms with Crippen LogP contribution in [0.2, 0.25) is 0 Å². The van der Waals surface area contributed by atoms with Crippen molar-refractivity contribution in [3.63, 3.8) is 0 Å². The molecule has 0 radical (unpaired) electrons. The summed E-state index contributed by atoms with van der Waals surface area (Å²) in [6.45, 7) is 3.51. The molecule has 1 atom stereocenters. The second-order valence-corrected chi connectivity index (χ2v) is 11.1. The van der Waals surface area contributed by atoms with Crippen LogP contribution in [0.1, 0.15) is 66.1 Å². The average Bonchev–Trinajstić information content (AvgIpc) is 2.98. The molecule has 3 N–H and O–H groups in total. The van der Waals surface area contributed by atoms with Gasteiger partial charge in [-0.1, -0.05) is 18.2 Å². The van der Waals surface area contributed by atoms with Gasteiger partial charge in [-0.25, -0.2) is 19.3 Å². The molecule has 2 fully saturated rings. The number of piperidine rings is 1. The third-order valence-electron chi connectivity index (χ3n) is 8.31. The molecule has 3 heterocycles. The number of aromatic nitrogens is 3. The van der Waals surface area contributed by atoms with E-state index in [9.17, 15) is 9.90 Å². The standard InChI is InChI=1S/C32H35FN6O2/c1-20-4-2-5-22-13-16-35-30(29(20)22)39(24-6-3-15-34-19-24)31(41)26-12-9-23(18-27(26)33)37-32-36-17-14-28(38-32)21-7-10-25(40)11-8-21/h2,4-5,9,12-14,16-18,21,24-25,34,40H,3,6-8,10-11,15,19H2,1H3,(H,36,37,38)/t21?,24-,25?/m1/s1. The second kappa shape index (κ2) is 11.9. The molecule has 6 rings (SSSR count). The number of aliphatic hydroxyl groups is 1. The number of nitrogens with zero attached hydrogens (tertiary/aromatic N) is 4. The second-order valence-electron chi connectivity index (χ2n) is 11.1. The molecule has 1 aliphatic heterocycles. The lowest BCUT2D eigenvalue weighted by atomic mass is 9.85. The van der Waals surface area contributed by atoms with Crippen molar-refractivity contribution in [2.24, 2.45) is 0 Å². The molecule has 1 saturated heterocycles. The third kappa shape index (κ3) is 5.78. The Morgan fingerprint density at radius 3 is 2.66 bits per heavy atom. The van der Waals surface area contributed by atoms with Crippen molar-refractivity contribution in [2.45, 2.75) is 63.5 Å². The molecule has 9 heteroatoms. The molecule has 212 valence electrons. The van der Waals surface area contributed by atoms with E-state index in [1.807, 2.05) is 37.3 Å². The van der Waals surface area contributed by atoms with Crippen molar-refractivity contribution < 1.29 is 14.3 Å². The highest BCUT2D eigenvalue weighted by atomic mass is 19.1. The van der Waals surface area contributed by atoms with Gasteiger partial charge in [-0.3, -0.25) is 9.69 Å². The molecular weight excluding hydrogens is 519 g/mol.